The maximum atomic E-state index is 6.70. The highest BCUT2D eigenvalue weighted by Crippen LogP contribution is 2.42. The zero-order valence-corrected chi connectivity index (χ0v) is 28.7. The standard InChI is InChI=1S/C41H44N4O2/c1-24(2)30-20-31(45-29(7)41(28(6)43-45)40-26(4)18-33(46-8)19-27(40)5)22-34(21-30)47-32-13-14-36-35-11-9-10-12-37(35)44(38(36)23-32)39-17-25(3)15-16-42-39/h9-18,20-24,27,33,40H,19H2,1-8H3/t27-,33?,40+/m0/s1. The van der Waals surface area contributed by atoms with Crippen LogP contribution in [0, 0.1) is 26.7 Å². The van der Waals surface area contributed by atoms with Crippen molar-refractivity contribution in [3.05, 3.63) is 119 Å². The van der Waals surface area contributed by atoms with E-state index in [4.69, 9.17) is 19.6 Å². The van der Waals surface area contributed by atoms with E-state index in [9.17, 15) is 0 Å². The van der Waals surface area contributed by atoms with Crippen molar-refractivity contribution in [1.29, 1.82) is 0 Å². The lowest BCUT2D eigenvalue weighted by Crippen LogP contribution is -2.25. The quantitative estimate of drug-likeness (QED) is 0.166. The third-order valence-corrected chi connectivity index (χ3v) is 9.91. The van der Waals surface area contributed by atoms with E-state index in [1.807, 2.05) is 12.3 Å². The molecule has 3 heterocycles. The lowest BCUT2D eigenvalue weighted by molar-refractivity contribution is 0.108. The molecule has 0 saturated carbocycles. The Hall–Kier alpha value is -4.68. The van der Waals surface area contributed by atoms with Crippen molar-refractivity contribution in [2.75, 3.05) is 7.11 Å². The highest BCUT2D eigenvalue weighted by atomic mass is 16.5. The fraction of sp³-hybridized carbons (Fsp3) is 0.317. The molecule has 0 radical (unpaired) electrons. The SMILES string of the molecule is COC1C=C(C)[C@@H](c2c(C)nn(-c3cc(Oc4ccc5c6ccccc6n(-c6cc(C)ccn6)c5c4)cc(C(C)C)c3)c2C)[C@@H](C)C1. The molecular formula is C41H44N4O2. The molecule has 1 aliphatic rings. The van der Waals surface area contributed by atoms with Crippen LogP contribution >= 0.6 is 0 Å². The molecule has 0 aliphatic heterocycles. The molecule has 1 aliphatic carbocycles. The van der Waals surface area contributed by atoms with Crippen molar-refractivity contribution in [2.45, 2.75) is 72.8 Å². The zero-order valence-electron chi connectivity index (χ0n) is 28.7. The van der Waals surface area contributed by atoms with Crippen molar-refractivity contribution < 1.29 is 9.47 Å². The van der Waals surface area contributed by atoms with E-state index in [-0.39, 0.29) is 6.10 Å². The van der Waals surface area contributed by atoms with Gasteiger partial charge < -0.3 is 9.47 Å². The van der Waals surface area contributed by atoms with E-state index in [0.717, 1.165) is 46.2 Å². The van der Waals surface area contributed by atoms with Gasteiger partial charge in [-0.15, -0.1) is 0 Å². The van der Waals surface area contributed by atoms with Gasteiger partial charge in [0, 0.05) is 53.4 Å². The number of aromatic nitrogens is 4. The van der Waals surface area contributed by atoms with Gasteiger partial charge in [0.15, 0.2) is 0 Å². The van der Waals surface area contributed by atoms with Gasteiger partial charge in [0.2, 0.25) is 0 Å². The van der Waals surface area contributed by atoms with E-state index in [1.165, 1.54) is 38.7 Å². The minimum atomic E-state index is 0.174. The van der Waals surface area contributed by atoms with Gasteiger partial charge in [0.1, 0.15) is 17.3 Å². The topological polar surface area (TPSA) is 54.1 Å². The fourth-order valence-electron chi connectivity index (χ4n) is 7.61. The third-order valence-electron chi connectivity index (χ3n) is 9.91. The first kappa shape index (κ1) is 30.9. The Bertz CT molecular complexity index is 2150. The number of pyridine rings is 1. The Labute approximate surface area is 277 Å². The van der Waals surface area contributed by atoms with Gasteiger partial charge in [-0.2, -0.15) is 5.10 Å². The molecule has 6 nitrogen and oxygen atoms in total. The first-order valence-electron chi connectivity index (χ1n) is 16.7. The van der Waals surface area contributed by atoms with Crippen molar-refractivity contribution in [3.8, 4) is 23.0 Å². The van der Waals surface area contributed by atoms with Crippen LogP contribution in [0.15, 0.2) is 90.6 Å². The van der Waals surface area contributed by atoms with E-state index < -0.39 is 0 Å². The summed E-state index contributed by atoms with van der Waals surface area (Å²) >= 11 is 0. The highest BCUT2D eigenvalue weighted by Gasteiger charge is 2.32. The smallest absolute Gasteiger partial charge is 0.137 e. The lowest BCUT2D eigenvalue weighted by Gasteiger charge is -2.33. The van der Waals surface area contributed by atoms with Gasteiger partial charge in [-0.05, 0) is 99.5 Å². The van der Waals surface area contributed by atoms with Crippen molar-refractivity contribution in [3.63, 3.8) is 0 Å². The Kier molecular flexibility index (Phi) is 8.01. The number of nitrogens with zero attached hydrogens (tertiary/aromatic N) is 4. The Morgan fingerprint density at radius 1 is 0.851 bits per heavy atom. The number of allylic oxidation sites excluding steroid dienone is 1. The molecule has 3 aromatic carbocycles. The van der Waals surface area contributed by atoms with Crippen molar-refractivity contribution in [2.24, 2.45) is 5.92 Å². The maximum Gasteiger partial charge on any atom is 0.137 e. The second-order valence-corrected chi connectivity index (χ2v) is 13.6. The summed E-state index contributed by atoms with van der Waals surface area (Å²) in [5, 5.41) is 7.48. The fourth-order valence-corrected chi connectivity index (χ4v) is 7.61. The largest absolute Gasteiger partial charge is 0.457 e. The number of para-hydroxylation sites is 1. The van der Waals surface area contributed by atoms with Gasteiger partial charge in [0.25, 0.3) is 0 Å². The summed E-state index contributed by atoms with van der Waals surface area (Å²) in [5.74, 6) is 3.57. The molecule has 0 spiro atoms. The van der Waals surface area contributed by atoms with Gasteiger partial charge in [-0.3, -0.25) is 4.57 Å². The van der Waals surface area contributed by atoms with Crippen LogP contribution in [0.4, 0.5) is 0 Å². The van der Waals surface area contributed by atoms with Crippen LogP contribution < -0.4 is 4.74 Å². The summed E-state index contributed by atoms with van der Waals surface area (Å²) in [6.45, 7) is 15.5. The molecule has 7 rings (SSSR count). The summed E-state index contributed by atoms with van der Waals surface area (Å²) in [4.78, 5) is 4.74. The summed E-state index contributed by atoms with van der Waals surface area (Å²) in [6.07, 6.45) is 5.34. The Morgan fingerprint density at radius 3 is 2.38 bits per heavy atom. The lowest BCUT2D eigenvalue weighted by atomic mass is 9.74. The van der Waals surface area contributed by atoms with E-state index in [1.54, 1.807) is 7.11 Å². The Morgan fingerprint density at radius 2 is 1.64 bits per heavy atom. The number of fused-ring (bicyclic) bond motifs is 3. The molecule has 6 aromatic rings. The van der Waals surface area contributed by atoms with E-state index in [2.05, 4.69) is 131 Å². The Balaban J connectivity index is 1.31. The van der Waals surface area contributed by atoms with Crippen LogP contribution in [0.1, 0.15) is 74.0 Å². The summed E-state index contributed by atoms with van der Waals surface area (Å²) in [5.41, 5.74) is 10.5. The molecule has 240 valence electrons. The number of hydrogen-bond acceptors (Lipinski definition) is 4. The van der Waals surface area contributed by atoms with Crippen LogP contribution in [-0.2, 0) is 4.74 Å². The summed E-state index contributed by atoms with van der Waals surface area (Å²) in [6, 6.07) is 25.5. The molecular weight excluding hydrogens is 580 g/mol. The van der Waals surface area contributed by atoms with E-state index >= 15 is 0 Å². The molecule has 0 bridgehead atoms. The molecule has 3 aromatic heterocycles. The number of benzene rings is 3. The number of aryl methyl sites for hydroxylation is 2. The predicted octanol–water partition coefficient (Wildman–Crippen LogP) is 10.3. The van der Waals surface area contributed by atoms with Gasteiger partial charge in [-0.1, -0.05) is 50.6 Å². The van der Waals surface area contributed by atoms with Crippen molar-refractivity contribution >= 4 is 21.8 Å². The first-order chi connectivity index (χ1) is 22.6. The summed E-state index contributed by atoms with van der Waals surface area (Å²) < 4.78 is 16.7. The molecule has 1 unspecified atom stereocenters. The van der Waals surface area contributed by atoms with Gasteiger partial charge in [-0.25, -0.2) is 9.67 Å². The molecule has 47 heavy (non-hydrogen) atoms. The minimum absolute atomic E-state index is 0.174. The van der Waals surface area contributed by atoms with Crippen LogP contribution in [0.2, 0.25) is 0 Å². The molecule has 3 atom stereocenters. The highest BCUT2D eigenvalue weighted by molar-refractivity contribution is 6.09. The second kappa shape index (κ2) is 12.2. The normalized spacial score (nSPS) is 18.3. The van der Waals surface area contributed by atoms with Crippen LogP contribution in [0.3, 0.4) is 0 Å². The van der Waals surface area contributed by atoms with E-state index in [0.29, 0.717) is 17.8 Å². The molecule has 0 amide bonds. The van der Waals surface area contributed by atoms with Gasteiger partial charge in [0.05, 0.1) is 28.5 Å². The average molecular weight is 625 g/mol. The van der Waals surface area contributed by atoms with Crippen LogP contribution in [-0.4, -0.2) is 32.5 Å². The number of ether oxygens (including phenoxy) is 2. The maximum absolute atomic E-state index is 6.70. The van der Waals surface area contributed by atoms with Crippen molar-refractivity contribution in [1.82, 2.24) is 19.3 Å². The van der Waals surface area contributed by atoms with Crippen LogP contribution in [0.25, 0.3) is 33.3 Å². The van der Waals surface area contributed by atoms with Crippen LogP contribution in [0.5, 0.6) is 11.5 Å². The number of rotatable bonds is 7. The second-order valence-electron chi connectivity index (χ2n) is 13.6. The first-order valence-corrected chi connectivity index (χ1v) is 16.7. The molecule has 0 saturated heterocycles. The number of methoxy groups -OCH3 is 1. The molecule has 6 heteroatoms. The molecule has 0 fully saturated rings. The zero-order chi connectivity index (χ0) is 33.0. The average Bonchev–Trinajstić information content (AvgIpc) is 3.53. The third kappa shape index (κ3) is 5.55. The van der Waals surface area contributed by atoms with Gasteiger partial charge >= 0.3 is 0 Å². The minimum Gasteiger partial charge on any atom is -0.457 e. The summed E-state index contributed by atoms with van der Waals surface area (Å²) in [7, 11) is 1.80. The number of hydrogen-bond donors (Lipinski definition) is 0. The monoisotopic (exact) mass is 624 g/mol. The predicted molar refractivity (Wildman–Crippen MR) is 192 cm³/mol. The molecule has 0 N–H and O–H groups in total.